The molecule has 2 saturated carbocycles. The van der Waals surface area contributed by atoms with Gasteiger partial charge in [0.15, 0.2) is 11.6 Å². The van der Waals surface area contributed by atoms with Crippen LogP contribution in [0.1, 0.15) is 82.6 Å². The van der Waals surface area contributed by atoms with Gasteiger partial charge in [-0.2, -0.15) is 0 Å². The Morgan fingerprint density at radius 3 is 2.16 bits per heavy atom. The summed E-state index contributed by atoms with van der Waals surface area (Å²) in [4.78, 5) is 0. The van der Waals surface area contributed by atoms with Crippen LogP contribution in [0.15, 0.2) is 24.3 Å². The van der Waals surface area contributed by atoms with Crippen molar-refractivity contribution in [3.8, 4) is 17.6 Å². The third-order valence-corrected chi connectivity index (χ3v) is 6.76. The van der Waals surface area contributed by atoms with Crippen molar-refractivity contribution in [3.05, 3.63) is 41.5 Å². The molecule has 1 aromatic carbocycles. The first kappa shape index (κ1) is 24.6. The summed E-state index contributed by atoms with van der Waals surface area (Å²) in [6.07, 6.45) is 9.78. The lowest BCUT2D eigenvalue weighted by molar-refractivity contribution is -0.276. The van der Waals surface area contributed by atoms with Gasteiger partial charge in [-0.05, 0) is 92.9 Å². The lowest BCUT2D eigenvalue weighted by atomic mass is 9.79. The zero-order valence-corrected chi connectivity index (χ0v) is 18.5. The van der Waals surface area contributed by atoms with Crippen LogP contribution in [0.5, 0.6) is 5.75 Å². The number of alkyl halides is 3. The zero-order chi connectivity index (χ0) is 23.1. The van der Waals surface area contributed by atoms with E-state index in [1.165, 1.54) is 38.5 Å². The van der Waals surface area contributed by atoms with Crippen molar-refractivity contribution in [1.82, 2.24) is 0 Å². The highest BCUT2D eigenvalue weighted by atomic mass is 19.4. The van der Waals surface area contributed by atoms with Gasteiger partial charge in [0.2, 0.25) is 5.75 Å². The second-order valence-corrected chi connectivity index (χ2v) is 9.13. The van der Waals surface area contributed by atoms with Crippen LogP contribution in [0.2, 0.25) is 0 Å². The molecule has 32 heavy (non-hydrogen) atoms. The number of hydrogen-bond acceptors (Lipinski definition) is 1. The molecule has 0 saturated heterocycles. The summed E-state index contributed by atoms with van der Waals surface area (Å²) in [5.74, 6) is 4.07. The summed E-state index contributed by atoms with van der Waals surface area (Å²) < 4.78 is 68.4. The van der Waals surface area contributed by atoms with Crippen LogP contribution in [-0.4, -0.2) is 6.36 Å². The minimum Gasteiger partial charge on any atom is -0.399 e. The molecule has 3 rings (SSSR count). The molecule has 0 spiro atoms. The molecule has 0 unspecified atom stereocenters. The Hall–Kier alpha value is -2.03. The molecule has 0 heterocycles. The van der Waals surface area contributed by atoms with E-state index in [0.717, 1.165) is 30.9 Å². The zero-order valence-electron chi connectivity index (χ0n) is 18.5. The highest BCUT2D eigenvalue weighted by Gasteiger charge is 2.34. The second-order valence-electron chi connectivity index (χ2n) is 9.13. The lowest BCUT2D eigenvalue weighted by Crippen LogP contribution is -2.19. The topological polar surface area (TPSA) is 9.23 Å². The van der Waals surface area contributed by atoms with E-state index in [1.807, 2.05) is 6.08 Å². The standard InChI is InChI=1S/C26H31F5O/c1-2-5-18-8-10-19(11-9-18)6-3-4-7-20-12-14-21(15-13-20)22-16-23(27)25(24(28)17-22)32-26(29,30)31/h3,6,16-21H,2,5,8-15H2,1H3/b6-3+. The Labute approximate surface area is 187 Å². The second kappa shape index (κ2) is 11.2. The Morgan fingerprint density at radius 1 is 0.969 bits per heavy atom. The molecule has 2 aliphatic carbocycles. The molecule has 0 amide bonds. The molecule has 2 fully saturated rings. The monoisotopic (exact) mass is 454 g/mol. The highest BCUT2D eigenvalue weighted by molar-refractivity contribution is 5.33. The lowest BCUT2D eigenvalue weighted by Gasteiger charge is -2.26. The van der Waals surface area contributed by atoms with Gasteiger partial charge in [0.25, 0.3) is 0 Å². The van der Waals surface area contributed by atoms with Crippen molar-refractivity contribution < 1.29 is 26.7 Å². The smallest absolute Gasteiger partial charge is 0.399 e. The summed E-state index contributed by atoms with van der Waals surface area (Å²) in [6, 6.07) is 1.91. The van der Waals surface area contributed by atoms with Crippen LogP contribution in [0.4, 0.5) is 22.0 Å². The van der Waals surface area contributed by atoms with Crippen LogP contribution in [0.3, 0.4) is 0 Å². The molecule has 6 heteroatoms. The summed E-state index contributed by atoms with van der Waals surface area (Å²) in [5.41, 5.74) is 0.375. The van der Waals surface area contributed by atoms with Gasteiger partial charge in [0, 0.05) is 5.92 Å². The average molecular weight is 455 g/mol. The van der Waals surface area contributed by atoms with Gasteiger partial charge in [-0.25, -0.2) is 8.78 Å². The minimum atomic E-state index is -5.14. The third-order valence-electron chi connectivity index (χ3n) is 6.76. The maximum Gasteiger partial charge on any atom is 0.573 e. The number of allylic oxidation sites excluding steroid dienone is 2. The molecule has 0 radical (unpaired) electrons. The number of rotatable bonds is 5. The fourth-order valence-electron chi connectivity index (χ4n) is 5.03. The molecule has 1 nitrogen and oxygen atoms in total. The molecule has 176 valence electrons. The molecule has 0 atom stereocenters. The van der Waals surface area contributed by atoms with Crippen LogP contribution in [0, 0.1) is 41.2 Å². The van der Waals surface area contributed by atoms with Crippen LogP contribution < -0.4 is 4.74 Å². The van der Waals surface area contributed by atoms with E-state index < -0.39 is 23.7 Å². The normalized spacial score (nSPS) is 26.6. The number of hydrogen-bond donors (Lipinski definition) is 0. The Morgan fingerprint density at radius 2 is 1.59 bits per heavy atom. The first-order valence-electron chi connectivity index (χ1n) is 11.7. The van der Waals surface area contributed by atoms with Crippen molar-refractivity contribution >= 4 is 0 Å². The van der Waals surface area contributed by atoms with Gasteiger partial charge >= 0.3 is 6.36 Å². The third kappa shape index (κ3) is 7.25. The molecular formula is C26H31F5O. The molecular weight excluding hydrogens is 423 g/mol. The maximum atomic E-state index is 14.0. The van der Waals surface area contributed by atoms with Crippen molar-refractivity contribution in [3.63, 3.8) is 0 Å². The van der Waals surface area contributed by atoms with Gasteiger partial charge < -0.3 is 4.74 Å². The van der Waals surface area contributed by atoms with E-state index in [9.17, 15) is 22.0 Å². The fourth-order valence-corrected chi connectivity index (χ4v) is 5.03. The highest BCUT2D eigenvalue weighted by Crippen LogP contribution is 2.38. The van der Waals surface area contributed by atoms with Gasteiger partial charge in [-0.3, -0.25) is 0 Å². The summed E-state index contributed by atoms with van der Waals surface area (Å²) in [5, 5.41) is 0. The predicted octanol–water partition coefficient (Wildman–Crippen LogP) is 8.30. The van der Waals surface area contributed by atoms with Crippen LogP contribution >= 0.6 is 0 Å². The molecule has 0 N–H and O–H groups in total. The Balaban J connectivity index is 1.48. The van der Waals surface area contributed by atoms with E-state index in [1.54, 1.807) is 0 Å². The quantitative estimate of drug-likeness (QED) is 0.321. The van der Waals surface area contributed by atoms with Gasteiger partial charge in [-0.1, -0.05) is 37.7 Å². The molecule has 0 aliphatic heterocycles. The average Bonchev–Trinajstić information content (AvgIpc) is 2.75. The minimum absolute atomic E-state index is 0.0918. The van der Waals surface area contributed by atoms with Crippen molar-refractivity contribution in [2.24, 2.45) is 17.8 Å². The molecule has 1 aromatic rings. The molecule has 0 bridgehead atoms. The van der Waals surface area contributed by atoms with Crippen molar-refractivity contribution in [2.75, 3.05) is 0 Å². The Bertz CT molecular complexity index is 809. The summed E-state index contributed by atoms with van der Waals surface area (Å²) in [7, 11) is 0. The first-order valence-corrected chi connectivity index (χ1v) is 11.7. The van der Waals surface area contributed by atoms with Gasteiger partial charge in [0.05, 0.1) is 0 Å². The van der Waals surface area contributed by atoms with E-state index in [4.69, 9.17) is 0 Å². The van der Waals surface area contributed by atoms with Gasteiger partial charge in [-0.15, -0.1) is 13.2 Å². The van der Waals surface area contributed by atoms with Crippen LogP contribution in [0.25, 0.3) is 0 Å². The molecule has 2 aliphatic rings. The predicted molar refractivity (Wildman–Crippen MR) is 115 cm³/mol. The maximum absolute atomic E-state index is 14.0. The Kier molecular flexibility index (Phi) is 8.62. The number of benzene rings is 1. The number of halogens is 5. The largest absolute Gasteiger partial charge is 0.573 e. The molecule has 0 aromatic heterocycles. The van der Waals surface area contributed by atoms with Crippen LogP contribution in [-0.2, 0) is 0 Å². The summed E-state index contributed by atoms with van der Waals surface area (Å²) >= 11 is 0. The summed E-state index contributed by atoms with van der Waals surface area (Å²) in [6.45, 7) is 2.24. The van der Waals surface area contributed by atoms with Crippen molar-refractivity contribution in [2.45, 2.75) is 83.4 Å². The SMILES string of the molecule is CCCC1CCC(/C=C/C#CC2CCC(c3cc(F)c(OC(F)(F)F)c(F)c3)CC2)CC1. The van der Waals surface area contributed by atoms with Gasteiger partial charge in [0.1, 0.15) is 0 Å². The van der Waals surface area contributed by atoms with E-state index in [0.29, 0.717) is 24.3 Å². The number of ether oxygens (including phenoxy) is 1. The van der Waals surface area contributed by atoms with E-state index >= 15 is 0 Å². The van der Waals surface area contributed by atoms with Crippen molar-refractivity contribution in [1.29, 1.82) is 0 Å². The first-order chi connectivity index (χ1) is 15.2. The van der Waals surface area contributed by atoms with E-state index in [2.05, 4.69) is 29.6 Å². The fraction of sp³-hybridized carbons (Fsp3) is 0.615. The van der Waals surface area contributed by atoms with E-state index in [-0.39, 0.29) is 11.8 Å².